The van der Waals surface area contributed by atoms with E-state index in [0.717, 1.165) is 6.54 Å². The van der Waals surface area contributed by atoms with E-state index >= 15 is 0 Å². The highest BCUT2D eigenvalue weighted by molar-refractivity contribution is 5.30. The van der Waals surface area contributed by atoms with Crippen LogP contribution in [0.15, 0.2) is 24.3 Å². The quantitative estimate of drug-likeness (QED) is 0.555. The van der Waals surface area contributed by atoms with Crippen LogP contribution in [-0.4, -0.2) is 20.1 Å². The third-order valence-corrected chi connectivity index (χ3v) is 3.10. The molecule has 1 aliphatic rings. The predicted molar refractivity (Wildman–Crippen MR) is 52.4 cm³/mol. The van der Waals surface area contributed by atoms with Gasteiger partial charge in [0.1, 0.15) is 6.54 Å². The molecule has 0 aromatic heterocycles. The summed E-state index contributed by atoms with van der Waals surface area (Å²) in [6.07, 6.45) is 1.22. The van der Waals surface area contributed by atoms with Gasteiger partial charge in [-0.3, -0.25) is 0 Å². The number of hydrogen-bond donors (Lipinski definition) is 2. The summed E-state index contributed by atoms with van der Waals surface area (Å²) in [6.45, 7) is 2.25. The molecular formula is C11H18N2+2. The van der Waals surface area contributed by atoms with Gasteiger partial charge in [0.2, 0.25) is 0 Å². The van der Waals surface area contributed by atoms with Crippen molar-refractivity contribution in [3.05, 3.63) is 35.4 Å². The van der Waals surface area contributed by atoms with Crippen LogP contribution in [0.25, 0.3) is 0 Å². The second-order valence-corrected chi connectivity index (χ2v) is 3.89. The van der Waals surface area contributed by atoms with Crippen molar-refractivity contribution in [3.8, 4) is 0 Å². The van der Waals surface area contributed by atoms with Crippen molar-refractivity contribution in [2.45, 2.75) is 12.5 Å². The number of likely N-dealkylation sites (N-methyl/N-ethyl adjacent to an activating group) is 1. The average Bonchev–Trinajstić information content (AvgIpc) is 2.18. The zero-order valence-electron chi connectivity index (χ0n) is 8.22. The third kappa shape index (κ3) is 1.47. The van der Waals surface area contributed by atoms with Crippen LogP contribution in [-0.2, 0) is 6.42 Å². The highest BCUT2D eigenvalue weighted by Gasteiger charge is 2.27. The normalized spacial score (nSPS) is 26.9. The van der Waals surface area contributed by atoms with Gasteiger partial charge in [0.25, 0.3) is 0 Å². The molecule has 2 heteroatoms. The maximum Gasteiger partial charge on any atom is 0.163 e. The van der Waals surface area contributed by atoms with Crippen LogP contribution in [0.1, 0.15) is 17.2 Å². The topological polar surface area (TPSA) is 32.1 Å². The van der Waals surface area contributed by atoms with Crippen molar-refractivity contribution in [1.82, 2.24) is 0 Å². The first-order valence-corrected chi connectivity index (χ1v) is 5.02. The Labute approximate surface area is 79.4 Å². The summed E-state index contributed by atoms with van der Waals surface area (Å²) in [7, 11) is 2.27. The Morgan fingerprint density at radius 1 is 1.46 bits per heavy atom. The Hall–Kier alpha value is -0.860. The molecule has 2 nitrogen and oxygen atoms in total. The molecule has 1 aromatic rings. The molecule has 0 aliphatic carbocycles. The molecule has 0 spiro atoms. The minimum absolute atomic E-state index is 0.616. The largest absolute Gasteiger partial charge is 0.352 e. The van der Waals surface area contributed by atoms with Crippen LogP contribution >= 0.6 is 0 Å². The van der Waals surface area contributed by atoms with Gasteiger partial charge in [0.05, 0.1) is 13.6 Å². The van der Waals surface area contributed by atoms with Crippen LogP contribution in [0, 0.1) is 0 Å². The van der Waals surface area contributed by atoms with Crippen molar-refractivity contribution in [1.29, 1.82) is 0 Å². The highest BCUT2D eigenvalue weighted by atomic mass is 15.1. The Morgan fingerprint density at radius 3 is 3.00 bits per heavy atom. The first-order valence-electron chi connectivity index (χ1n) is 5.02. The molecule has 0 bridgehead atoms. The van der Waals surface area contributed by atoms with E-state index in [9.17, 15) is 0 Å². The summed E-state index contributed by atoms with van der Waals surface area (Å²) >= 11 is 0. The molecular weight excluding hydrogens is 160 g/mol. The van der Waals surface area contributed by atoms with Gasteiger partial charge in [-0.05, 0) is 5.56 Å². The number of nitrogens with one attached hydrogen (secondary N) is 1. The molecule has 70 valence electrons. The minimum atomic E-state index is 0.616. The average molecular weight is 178 g/mol. The smallest absolute Gasteiger partial charge is 0.163 e. The molecule has 1 aliphatic heterocycles. The summed E-state index contributed by atoms with van der Waals surface area (Å²) in [5.41, 5.74) is 7.08. The summed E-state index contributed by atoms with van der Waals surface area (Å²) in [6, 6.07) is 9.41. The van der Waals surface area contributed by atoms with Gasteiger partial charge in [-0.15, -0.1) is 0 Å². The van der Waals surface area contributed by atoms with Gasteiger partial charge in [-0.2, -0.15) is 0 Å². The number of fused-ring (bicyclic) bond motifs is 1. The van der Waals surface area contributed by atoms with Crippen LogP contribution in [0.3, 0.4) is 0 Å². The Kier molecular flexibility index (Phi) is 2.34. The fourth-order valence-electron chi connectivity index (χ4n) is 2.28. The number of hydrogen-bond acceptors (Lipinski definition) is 0. The lowest BCUT2D eigenvalue weighted by molar-refractivity contribution is -0.920. The molecule has 1 aromatic carbocycles. The van der Waals surface area contributed by atoms with E-state index in [-0.39, 0.29) is 0 Å². The summed E-state index contributed by atoms with van der Waals surface area (Å²) in [4.78, 5) is 1.61. The minimum Gasteiger partial charge on any atom is -0.352 e. The Morgan fingerprint density at radius 2 is 2.23 bits per heavy atom. The van der Waals surface area contributed by atoms with Crippen molar-refractivity contribution in [3.63, 3.8) is 0 Å². The second kappa shape index (κ2) is 3.48. The van der Waals surface area contributed by atoms with Gasteiger partial charge in [-0.1, -0.05) is 24.3 Å². The van der Waals surface area contributed by atoms with Gasteiger partial charge >= 0.3 is 0 Å². The second-order valence-electron chi connectivity index (χ2n) is 3.89. The monoisotopic (exact) mass is 178 g/mol. The highest BCUT2D eigenvalue weighted by Crippen LogP contribution is 2.17. The number of benzene rings is 1. The van der Waals surface area contributed by atoms with E-state index in [1.54, 1.807) is 4.90 Å². The fraction of sp³-hybridized carbons (Fsp3) is 0.455. The molecule has 0 fully saturated rings. The fourth-order valence-corrected chi connectivity index (χ4v) is 2.28. The maximum absolute atomic E-state index is 4.04. The van der Waals surface area contributed by atoms with Gasteiger partial charge in [-0.25, -0.2) is 0 Å². The van der Waals surface area contributed by atoms with E-state index in [0.29, 0.717) is 6.04 Å². The van der Waals surface area contributed by atoms with Gasteiger partial charge in [0, 0.05) is 12.0 Å². The SMILES string of the molecule is C[NH+]1CCc2ccccc2[C@@H]1C[NH3+]. The van der Waals surface area contributed by atoms with Crippen molar-refractivity contribution < 1.29 is 10.6 Å². The Balaban J connectivity index is 2.39. The van der Waals surface area contributed by atoms with E-state index in [1.807, 2.05) is 0 Å². The van der Waals surface area contributed by atoms with Gasteiger partial charge in [0.15, 0.2) is 6.04 Å². The molecule has 13 heavy (non-hydrogen) atoms. The van der Waals surface area contributed by atoms with Crippen LogP contribution in [0.2, 0.25) is 0 Å². The van der Waals surface area contributed by atoms with E-state index in [2.05, 4.69) is 37.0 Å². The van der Waals surface area contributed by atoms with E-state index in [1.165, 1.54) is 24.1 Å². The lowest BCUT2D eigenvalue weighted by Crippen LogP contribution is -3.12. The zero-order valence-corrected chi connectivity index (χ0v) is 8.22. The van der Waals surface area contributed by atoms with Crippen LogP contribution in [0.5, 0.6) is 0 Å². The molecule has 0 radical (unpaired) electrons. The predicted octanol–water partition coefficient (Wildman–Crippen LogP) is -0.960. The molecule has 1 unspecified atom stereocenters. The van der Waals surface area contributed by atoms with E-state index < -0.39 is 0 Å². The first kappa shape index (κ1) is 8.73. The van der Waals surface area contributed by atoms with E-state index in [4.69, 9.17) is 0 Å². The number of quaternary nitrogens is 2. The lowest BCUT2D eigenvalue weighted by atomic mass is 9.93. The van der Waals surface area contributed by atoms with Crippen LogP contribution < -0.4 is 10.6 Å². The lowest BCUT2D eigenvalue weighted by Gasteiger charge is -2.29. The maximum atomic E-state index is 4.04. The van der Waals surface area contributed by atoms with Gasteiger partial charge < -0.3 is 10.6 Å². The molecule has 2 rings (SSSR count). The summed E-state index contributed by atoms with van der Waals surface area (Å²) < 4.78 is 0. The molecule has 2 atom stereocenters. The van der Waals surface area contributed by atoms with Crippen molar-refractivity contribution >= 4 is 0 Å². The standard InChI is InChI=1S/C11H16N2/c1-13-7-6-9-4-2-3-5-10(9)11(13)8-12/h2-5,11H,6-8,12H2,1H3/p+2/t11-/m0/s1. The van der Waals surface area contributed by atoms with Crippen LogP contribution in [0.4, 0.5) is 0 Å². The molecule has 0 amide bonds. The van der Waals surface area contributed by atoms with Crippen molar-refractivity contribution in [2.75, 3.05) is 20.1 Å². The van der Waals surface area contributed by atoms with Crippen molar-refractivity contribution in [2.24, 2.45) is 0 Å². The zero-order chi connectivity index (χ0) is 9.26. The summed E-state index contributed by atoms with van der Waals surface area (Å²) in [5, 5.41) is 0. The molecule has 4 N–H and O–H groups in total. The summed E-state index contributed by atoms with van der Waals surface area (Å²) in [5.74, 6) is 0. The molecule has 0 saturated heterocycles. The molecule has 1 heterocycles. The third-order valence-electron chi connectivity index (χ3n) is 3.10. The number of rotatable bonds is 1. The first-order chi connectivity index (χ1) is 6.33. The molecule has 0 saturated carbocycles. The Bertz CT molecular complexity index is 296.